The summed E-state index contributed by atoms with van der Waals surface area (Å²) in [7, 11) is 0. The monoisotopic (exact) mass is 290 g/mol. The van der Waals surface area contributed by atoms with Gasteiger partial charge in [0.25, 0.3) is 0 Å². The lowest BCUT2D eigenvalue weighted by Crippen LogP contribution is -2.34. The summed E-state index contributed by atoms with van der Waals surface area (Å²) in [6, 6.07) is 9.03. The Morgan fingerprint density at radius 3 is 2.48 bits per heavy atom. The number of nitrogens with zero attached hydrogens (tertiary/aromatic N) is 2. The Labute approximate surface area is 123 Å². The van der Waals surface area contributed by atoms with Gasteiger partial charge in [0.05, 0.1) is 11.6 Å². The highest BCUT2D eigenvalue weighted by Crippen LogP contribution is 2.08. The highest BCUT2D eigenvalue weighted by atomic mass is 16.5. The fourth-order valence-electron chi connectivity index (χ4n) is 1.78. The molecule has 6 nitrogen and oxygen atoms in total. The number of ether oxygens (including phenoxy) is 1. The number of carboxylic acid groups (broad SMARTS) is 1. The van der Waals surface area contributed by atoms with Crippen molar-refractivity contribution in [2.45, 2.75) is 19.9 Å². The number of hydrogen-bond acceptors (Lipinski definition) is 4. The van der Waals surface area contributed by atoms with E-state index in [0.717, 1.165) is 12.0 Å². The van der Waals surface area contributed by atoms with Gasteiger partial charge in [-0.15, -0.1) is 0 Å². The molecule has 0 bridgehead atoms. The molecule has 0 atom stereocenters. The van der Waals surface area contributed by atoms with Crippen molar-refractivity contribution in [3.05, 3.63) is 35.4 Å². The summed E-state index contributed by atoms with van der Waals surface area (Å²) in [4.78, 5) is 24.0. The maximum absolute atomic E-state index is 12.0. The molecule has 0 aliphatic rings. The van der Waals surface area contributed by atoms with Crippen molar-refractivity contribution in [1.29, 1.82) is 5.26 Å². The number of amides is 1. The summed E-state index contributed by atoms with van der Waals surface area (Å²) in [5.41, 5.74) is 1.48. The standard InChI is InChI=1S/C15H18N2O4/c1-2-7-17(14(18)10-21-11-15(19)20)9-13-5-3-12(8-16)4-6-13/h3-6H,2,7,9-11H2,1H3,(H,19,20). The maximum Gasteiger partial charge on any atom is 0.329 e. The van der Waals surface area contributed by atoms with E-state index >= 15 is 0 Å². The van der Waals surface area contributed by atoms with E-state index in [0.29, 0.717) is 18.7 Å². The number of hydrogen-bond donors (Lipinski definition) is 1. The van der Waals surface area contributed by atoms with Crippen molar-refractivity contribution >= 4 is 11.9 Å². The summed E-state index contributed by atoms with van der Waals surface area (Å²) in [5, 5.41) is 17.2. The van der Waals surface area contributed by atoms with Gasteiger partial charge in [0.1, 0.15) is 13.2 Å². The molecule has 6 heteroatoms. The van der Waals surface area contributed by atoms with E-state index in [4.69, 9.17) is 15.1 Å². The first kappa shape index (κ1) is 16.7. The minimum atomic E-state index is -1.10. The smallest absolute Gasteiger partial charge is 0.329 e. The molecule has 1 amide bonds. The number of carboxylic acids is 1. The fourth-order valence-corrected chi connectivity index (χ4v) is 1.78. The first-order valence-corrected chi connectivity index (χ1v) is 6.63. The molecule has 0 aromatic heterocycles. The Hall–Kier alpha value is -2.39. The van der Waals surface area contributed by atoms with Crippen molar-refractivity contribution in [3.8, 4) is 6.07 Å². The van der Waals surface area contributed by atoms with E-state index in [1.807, 2.05) is 13.0 Å². The average molecular weight is 290 g/mol. The molecular formula is C15H18N2O4. The molecule has 0 aliphatic carbocycles. The normalized spacial score (nSPS) is 9.90. The Kier molecular flexibility index (Phi) is 6.92. The molecule has 0 saturated heterocycles. The lowest BCUT2D eigenvalue weighted by molar-refractivity contribution is -0.146. The second-order valence-corrected chi connectivity index (χ2v) is 4.51. The molecule has 0 heterocycles. The zero-order valence-corrected chi connectivity index (χ0v) is 11.9. The Balaban J connectivity index is 2.61. The predicted octanol–water partition coefficient (Wildman–Crippen LogP) is 1.40. The van der Waals surface area contributed by atoms with Crippen LogP contribution in [0, 0.1) is 11.3 Å². The van der Waals surface area contributed by atoms with Crippen LogP contribution in [0.5, 0.6) is 0 Å². The first-order valence-electron chi connectivity index (χ1n) is 6.63. The predicted molar refractivity (Wildman–Crippen MR) is 75.3 cm³/mol. The molecule has 0 unspecified atom stereocenters. The zero-order valence-electron chi connectivity index (χ0n) is 11.9. The third-order valence-corrected chi connectivity index (χ3v) is 2.75. The summed E-state index contributed by atoms with van der Waals surface area (Å²) >= 11 is 0. The van der Waals surface area contributed by atoms with E-state index in [9.17, 15) is 9.59 Å². The van der Waals surface area contributed by atoms with Gasteiger partial charge in [-0.3, -0.25) is 4.79 Å². The van der Waals surface area contributed by atoms with Crippen LogP contribution in [0.25, 0.3) is 0 Å². The molecule has 1 N–H and O–H groups in total. The van der Waals surface area contributed by atoms with Crippen LogP contribution in [0.15, 0.2) is 24.3 Å². The van der Waals surface area contributed by atoms with Crippen LogP contribution < -0.4 is 0 Å². The van der Waals surface area contributed by atoms with Crippen LogP contribution in [0.2, 0.25) is 0 Å². The van der Waals surface area contributed by atoms with Crippen molar-refractivity contribution < 1.29 is 19.4 Å². The van der Waals surface area contributed by atoms with Crippen molar-refractivity contribution in [3.63, 3.8) is 0 Å². The van der Waals surface area contributed by atoms with Crippen LogP contribution in [0.3, 0.4) is 0 Å². The number of nitriles is 1. The van der Waals surface area contributed by atoms with Gasteiger partial charge >= 0.3 is 5.97 Å². The van der Waals surface area contributed by atoms with E-state index in [-0.39, 0.29) is 12.5 Å². The van der Waals surface area contributed by atoms with Gasteiger partial charge in [0.2, 0.25) is 5.91 Å². The highest BCUT2D eigenvalue weighted by Gasteiger charge is 2.14. The van der Waals surface area contributed by atoms with E-state index in [1.165, 1.54) is 0 Å². The second kappa shape index (κ2) is 8.72. The molecular weight excluding hydrogens is 272 g/mol. The molecule has 1 aromatic carbocycles. The quantitative estimate of drug-likeness (QED) is 0.781. The van der Waals surface area contributed by atoms with Crippen LogP contribution in [-0.2, 0) is 20.9 Å². The molecule has 0 radical (unpaired) electrons. The molecule has 112 valence electrons. The number of aliphatic carboxylic acids is 1. The molecule has 0 spiro atoms. The van der Waals surface area contributed by atoms with E-state index in [1.54, 1.807) is 29.2 Å². The van der Waals surface area contributed by atoms with Crippen LogP contribution >= 0.6 is 0 Å². The number of benzene rings is 1. The topological polar surface area (TPSA) is 90.6 Å². The highest BCUT2D eigenvalue weighted by molar-refractivity contribution is 5.78. The van der Waals surface area contributed by atoms with Crippen molar-refractivity contribution in [2.24, 2.45) is 0 Å². The molecule has 0 fully saturated rings. The van der Waals surface area contributed by atoms with Gasteiger partial charge in [0, 0.05) is 13.1 Å². The van der Waals surface area contributed by atoms with Crippen LogP contribution in [-0.4, -0.2) is 41.6 Å². The number of carbonyl (C=O) groups is 2. The molecule has 0 aliphatic heterocycles. The van der Waals surface area contributed by atoms with Gasteiger partial charge in [0.15, 0.2) is 0 Å². The molecule has 0 saturated carbocycles. The Bertz CT molecular complexity index is 519. The largest absolute Gasteiger partial charge is 0.480 e. The third kappa shape index (κ3) is 6.06. The van der Waals surface area contributed by atoms with Crippen LogP contribution in [0.4, 0.5) is 0 Å². The molecule has 21 heavy (non-hydrogen) atoms. The lowest BCUT2D eigenvalue weighted by Gasteiger charge is -2.22. The van der Waals surface area contributed by atoms with E-state index in [2.05, 4.69) is 0 Å². The SMILES string of the molecule is CCCN(Cc1ccc(C#N)cc1)C(=O)COCC(=O)O. The summed E-state index contributed by atoms with van der Waals surface area (Å²) in [6.45, 7) is 2.20. The second-order valence-electron chi connectivity index (χ2n) is 4.51. The Morgan fingerprint density at radius 2 is 1.95 bits per heavy atom. The summed E-state index contributed by atoms with van der Waals surface area (Å²) in [5.74, 6) is -1.35. The maximum atomic E-state index is 12.0. The van der Waals surface area contributed by atoms with E-state index < -0.39 is 12.6 Å². The summed E-state index contributed by atoms with van der Waals surface area (Å²) < 4.78 is 4.82. The van der Waals surface area contributed by atoms with Crippen LogP contribution in [0.1, 0.15) is 24.5 Å². The minimum Gasteiger partial charge on any atom is -0.480 e. The summed E-state index contributed by atoms with van der Waals surface area (Å²) in [6.07, 6.45) is 0.793. The molecule has 1 rings (SSSR count). The van der Waals surface area contributed by atoms with Crippen molar-refractivity contribution in [1.82, 2.24) is 4.90 Å². The molecule has 1 aromatic rings. The fraction of sp³-hybridized carbons (Fsp3) is 0.400. The van der Waals surface area contributed by atoms with Gasteiger partial charge in [-0.2, -0.15) is 5.26 Å². The van der Waals surface area contributed by atoms with Gasteiger partial charge in [-0.1, -0.05) is 19.1 Å². The Morgan fingerprint density at radius 1 is 1.29 bits per heavy atom. The van der Waals surface area contributed by atoms with Gasteiger partial charge in [-0.25, -0.2) is 4.79 Å². The first-order chi connectivity index (χ1) is 10.1. The van der Waals surface area contributed by atoms with Crippen molar-refractivity contribution in [2.75, 3.05) is 19.8 Å². The van der Waals surface area contributed by atoms with Gasteiger partial charge < -0.3 is 14.7 Å². The average Bonchev–Trinajstić information content (AvgIpc) is 2.47. The number of carbonyl (C=O) groups excluding carboxylic acids is 1. The third-order valence-electron chi connectivity index (χ3n) is 2.75. The van der Waals surface area contributed by atoms with Gasteiger partial charge in [-0.05, 0) is 24.1 Å². The number of rotatable bonds is 8. The minimum absolute atomic E-state index is 0.247. The zero-order chi connectivity index (χ0) is 15.7. The lowest BCUT2D eigenvalue weighted by atomic mass is 10.1.